The molecule has 1 rings (SSSR count). The maximum atomic E-state index is 12.2. The Morgan fingerprint density at radius 3 is 2.56 bits per heavy atom. The fourth-order valence-corrected chi connectivity index (χ4v) is 2.43. The number of benzene rings is 1. The number of carbonyl (C=O) groups excluding carboxylic acids is 1. The number of hydrogen-bond acceptors (Lipinski definition) is 2. The Hall–Kier alpha value is -0.870. The van der Waals surface area contributed by atoms with E-state index < -0.39 is 5.54 Å². The fourth-order valence-electron chi connectivity index (χ4n) is 1.80. The molecule has 3 nitrogen and oxygen atoms in total. The van der Waals surface area contributed by atoms with Crippen molar-refractivity contribution < 1.29 is 4.79 Å². The van der Waals surface area contributed by atoms with Crippen molar-refractivity contribution in [3.63, 3.8) is 0 Å². The van der Waals surface area contributed by atoms with Crippen LogP contribution in [0.1, 0.15) is 39.3 Å². The van der Waals surface area contributed by atoms with E-state index in [2.05, 4.69) is 26.6 Å². The Morgan fingerprint density at radius 2 is 2.00 bits per heavy atom. The normalized spacial score (nSPS) is 13.2. The number of likely N-dealkylation sites (N-methyl/N-ethyl adjacent to an activating group) is 1. The summed E-state index contributed by atoms with van der Waals surface area (Å²) in [6.45, 7) is 8.52. The van der Waals surface area contributed by atoms with Crippen LogP contribution in [0.2, 0.25) is 0 Å². The molecule has 0 spiro atoms. The van der Waals surface area contributed by atoms with Gasteiger partial charge in [0.05, 0.1) is 11.6 Å². The highest BCUT2D eigenvalue weighted by molar-refractivity contribution is 9.10. The molecular weight excluding hydrogens is 292 g/mol. The lowest BCUT2D eigenvalue weighted by Gasteiger charge is -2.27. The zero-order chi connectivity index (χ0) is 13.8. The van der Waals surface area contributed by atoms with Crippen LogP contribution in [0.4, 0.5) is 0 Å². The minimum absolute atomic E-state index is 0.00704. The molecule has 1 atom stereocenters. The topological polar surface area (TPSA) is 41.1 Å². The van der Waals surface area contributed by atoms with Gasteiger partial charge in [0.25, 0.3) is 0 Å². The van der Waals surface area contributed by atoms with E-state index in [1.807, 2.05) is 52.0 Å². The third kappa shape index (κ3) is 3.82. The van der Waals surface area contributed by atoms with Gasteiger partial charge in [-0.25, -0.2) is 0 Å². The molecule has 1 aromatic carbocycles. The molecule has 100 valence electrons. The van der Waals surface area contributed by atoms with E-state index in [1.54, 1.807) is 0 Å². The molecule has 0 fully saturated rings. The maximum Gasteiger partial charge on any atom is 0.240 e. The van der Waals surface area contributed by atoms with E-state index in [0.717, 1.165) is 16.6 Å². The molecule has 2 N–H and O–H groups in total. The van der Waals surface area contributed by atoms with E-state index in [9.17, 15) is 4.79 Å². The van der Waals surface area contributed by atoms with Crippen molar-refractivity contribution in [1.29, 1.82) is 0 Å². The second-order valence-electron chi connectivity index (χ2n) is 4.87. The molecule has 1 aromatic rings. The van der Waals surface area contributed by atoms with Gasteiger partial charge in [0, 0.05) is 4.47 Å². The number of rotatable bonds is 5. The Labute approximate surface area is 117 Å². The van der Waals surface area contributed by atoms with Gasteiger partial charge in [-0.3, -0.25) is 4.79 Å². The van der Waals surface area contributed by atoms with Crippen LogP contribution >= 0.6 is 15.9 Å². The molecule has 0 saturated carbocycles. The molecular formula is C14H21BrN2O. The molecule has 18 heavy (non-hydrogen) atoms. The van der Waals surface area contributed by atoms with Crippen molar-refractivity contribution in [2.24, 2.45) is 0 Å². The van der Waals surface area contributed by atoms with E-state index in [1.165, 1.54) is 0 Å². The minimum Gasteiger partial charge on any atom is -0.348 e. The van der Waals surface area contributed by atoms with E-state index >= 15 is 0 Å². The smallest absolute Gasteiger partial charge is 0.240 e. The summed E-state index contributed by atoms with van der Waals surface area (Å²) in [5.74, 6) is 0.00704. The van der Waals surface area contributed by atoms with Crippen molar-refractivity contribution in [3.05, 3.63) is 34.3 Å². The fraction of sp³-hybridized carbons (Fsp3) is 0.500. The quantitative estimate of drug-likeness (QED) is 0.877. The van der Waals surface area contributed by atoms with Gasteiger partial charge in [0.2, 0.25) is 5.91 Å². The van der Waals surface area contributed by atoms with Crippen LogP contribution in [0.5, 0.6) is 0 Å². The van der Waals surface area contributed by atoms with Gasteiger partial charge >= 0.3 is 0 Å². The first-order valence-corrected chi connectivity index (χ1v) is 6.98. The zero-order valence-corrected chi connectivity index (χ0v) is 13.0. The summed E-state index contributed by atoms with van der Waals surface area (Å²) in [5, 5.41) is 6.20. The number of halogens is 1. The summed E-state index contributed by atoms with van der Waals surface area (Å²) in [6.07, 6.45) is 0. The van der Waals surface area contributed by atoms with Gasteiger partial charge in [-0.1, -0.05) is 41.1 Å². The van der Waals surface area contributed by atoms with Crippen molar-refractivity contribution in [2.75, 3.05) is 6.54 Å². The molecule has 0 unspecified atom stereocenters. The first kappa shape index (κ1) is 15.2. The highest BCUT2D eigenvalue weighted by Crippen LogP contribution is 2.23. The van der Waals surface area contributed by atoms with Gasteiger partial charge < -0.3 is 10.6 Å². The first-order valence-electron chi connectivity index (χ1n) is 6.19. The molecule has 0 radical (unpaired) electrons. The van der Waals surface area contributed by atoms with Crippen LogP contribution < -0.4 is 10.6 Å². The molecule has 0 saturated heterocycles. The predicted molar refractivity (Wildman–Crippen MR) is 78.5 cm³/mol. The third-order valence-corrected chi connectivity index (χ3v) is 3.63. The SMILES string of the molecule is CCNC(C)(C)C(=O)N[C@H](C)c1ccccc1Br. The summed E-state index contributed by atoms with van der Waals surface area (Å²) in [4.78, 5) is 12.2. The average Bonchev–Trinajstić information content (AvgIpc) is 2.29. The molecule has 0 aromatic heterocycles. The lowest BCUT2D eigenvalue weighted by Crippen LogP contribution is -2.53. The van der Waals surface area contributed by atoms with Gasteiger partial charge in [-0.05, 0) is 38.9 Å². The van der Waals surface area contributed by atoms with Gasteiger partial charge in [-0.2, -0.15) is 0 Å². The monoisotopic (exact) mass is 312 g/mol. The Balaban J connectivity index is 2.74. The molecule has 0 aliphatic carbocycles. The summed E-state index contributed by atoms with van der Waals surface area (Å²) in [7, 11) is 0. The zero-order valence-electron chi connectivity index (χ0n) is 11.4. The summed E-state index contributed by atoms with van der Waals surface area (Å²) < 4.78 is 1.01. The Morgan fingerprint density at radius 1 is 1.39 bits per heavy atom. The number of carbonyl (C=O) groups is 1. The Bertz CT molecular complexity index is 418. The summed E-state index contributed by atoms with van der Waals surface area (Å²) in [5.41, 5.74) is 0.530. The molecule has 4 heteroatoms. The lowest BCUT2D eigenvalue weighted by molar-refractivity contribution is -0.127. The number of hydrogen-bond donors (Lipinski definition) is 2. The van der Waals surface area contributed by atoms with Gasteiger partial charge in [-0.15, -0.1) is 0 Å². The molecule has 0 aliphatic rings. The van der Waals surface area contributed by atoms with Crippen LogP contribution in [0.15, 0.2) is 28.7 Å². The largest absolute Gasteiger partial charge is 0.348 e. The van der Waals surface area contributed by atoms with Crippen molar-refractivity contribution in [3.8, 4) is 0 Å². The summed E-state index contributed by atoms with van der Waals surface area (Å²) >= 11 is 3.50. The standard InChI is InChI=1S/C14H21BrN2O/c1-5-16-14(3,4)13(18)17-10(2)11-8-6-7-9-12(11)15/h6-10,16H,5H2,1-4H3,(H,17,18)/t10-/m1/s1. The van der Waals surface area contributed by atoms with Gasteiger partial charge in [0.15, 0.2) is 0 Å². The second kappa shape index (κ2) is 6.34. The summed E-state index contributed by atoms with van der Waals surface area (Å²) in [6, 6.07) is 7.90. The van der Waals surface area contributed by atoms with E-state index in [4.69, 9.17) is 0 Å². The van der Waals surface area contributed by atoms with Crippen LogP contribution in [0.3, 0.4) is 0 Å². The molecule has 0 heterocycles. The lowest BCUT2D eigenvalue weighted by atomic mass is 10.0. The highest BCUT2D eigenvalue weighted by Gasteiger charge is 2.27. The number of nitrogens with one attached hydrogen (secondary N) is 2. The van der Waals surface area contributed by atoms with Crippen LogP contribution in [-0.2, 0) is 4.79 Å². The van der Waals surface area contributed by atoms with Crippen molar-refractivity contribution >= 4 is 21.8 Å². The second-order valence-corrected chi connectivity index (χ2v) is 5.73. The van der Waals surface area contributed by atoms with Gasteiger partial charge in [0.1, 0.15) is 0 Å². The molecule has 1 amide bonds. The van der Waals surface area contributed by atoms with Crippen LogP contribution in [-0.4, -0.2) is 18.0 Å². The average molecular weight is 313 g/mol. The third-order valence-electron chi connectivity index (χ3n) is 2.91. The van der Waals surface area contributed by atoms with Crippen LogP contribution in [0, 0.1) is 0 Å². The van der Waals surface area contributed by atoms with Crippen molar-refractivity contribution in [1.82, 2.24) is 10.6 Å². The first-order chi connectivity index (χ1) is 8.38. The van der Waals surface area contributed by atoms with Crippen molar-refractivity contribution in [2.45, 2.75) is 39.3 Å². The number of amides is 1. The highest BCUT2D eigenvalue weighted by atomic mass is 79.9. The van der Waals surface area contributed by atoms with E-state index in [-0.39, 0.29) is 11.9 Å². The minimum atomic E-state index is -0.551. The predicted octanol–water partition coefficient (Wildman–Crippen LogP) is 3.01. The van der Waals surface area contributed by atoms with Crippen LogP contribution in [0.25, 0.3) is 0 Å². The van der Waals surface area contributed by atoms with E-state index in [0.29, 0.717) is 0 Å². The molecule has 0 bridgehead atoms. The maximum absolute atomic E-state index is 12.2. The molecule has 0 aliphatic heterocycles. The Kier molecular flexibility index (Phi) is 5.35.